The highest BCUT2D eigenvalue weighted by molar-refractivity contribution is 6.06. The van der Waals surface area contributed by atoms with Crippen LogP contribution in [0.1, 0.15) is 0 Å². The molecule has 1 nitrogen and oxygen atoms in total. The van der Waals surface area contributed by atoms with Crippen LogP contribution in [0.4, 0.5) is 17.1 Å². The standard InChI is InChI=1S/C48H33N/c1-3-13-34(14-4-1)36-25-29-39(30-26-36)49(40-31-27-37(28-32-40)35-15-5-2-6-16-35)41-18-11-17-38(33-41)48-46-23-12-24-47(48)45-22-10-8-20-43(45)42-19-7-9-21-44(42)46/h1-33H. The van der Waals surface area contributed by atoms with Crippen LogP contribution in [0, 0.1) is 0 Å². The van der Waals surface area contributed by atoms with E-state index in [1.807, 2.05) is 0 Å². The highest BCUT2D eigenvalue weighted by Gasteiger charge is 2.24. The predicted octanol–water partition coefficient (Wildman–Crippen LogP) is 13.5. The first kappa shape index (κ1) is 28.8. The van der Waals surface area contributed by atoms with Gasteiger partial charge < -0.3 is 4.90 Å². The molecule has 8 aromatic carbocycles. The molecule has 0 atom stereocenters. The second-order valence-electron chi connectivity index (χ2n) is 12.5. The van der Waals surface area contributed by atoms with Crippen LogP contribution in [0.5, 0.6) is 0 Å². The van der Waals surface area contributed by atoms with Gasteiger partial charge in [-0.2, -0.15) is 0 Å². The number of hydrogen-bond donors (Lipinski definition) is 0. The zero-order valence-corrected chi connectivity index (χ0v) is 27.0. The van der Waals surface area contributed by atoms with Gasteiger partial charge in [0.25, 0.3) is 0 Å². The highest BCUT2D eigenvalue weighted by atomic mass is 15.1. The number of nitrogens with zero attached hydrogens (tertiary/aromatic N) is 1. The van der Waals surface area contributed by atoms with Gasteiger partial charge in [0.1, 0.15) is 0 Å². The molecule has 0 aliphatic heterocycles. The van der Waals surface area contributed by atoms with E-state index in [1.54, 1.807) is 0 Å². The van der Waals surface area contributed by atoms with E-state index in [9.17, 15) is 0 Å². The van der Waals surface area contributed by atoms with Crippen molar-refractivity contribution in [3.63, 3.8) is 0 Å². The number of hydrogen-bond acceptors (Lipinski definition) is 1. The molecule has 0 aromatic heterocycles. The molecule has 0 saturated carbocycles. The molecule has 0 amide bonds. The van der Waals surface area contributed by atoms with Crippen molar-refractivity contribution in [2.45, 2.75) is 0 Å². The predicted molar refractivity (Wildman–Crippen MR) is 207 cm³/mol. The summed E-state index contributed by atoms with van der Waals surface area (Å²) in [6, 6.07) is 72.4. The molecule has 0 heterocycles. The molecular formula is C48H33N. The number of anilines is 3. The van der Waals surface area contributed by atoms with Gasteiger partial charge in [-0.3, -0.25) is 0 Å². The van der Waals surface area contributed by atoms with E-state index in [4.69, 9.17) is 0 Å². The van der Waals surface area contributed by atoms with Crippen molar-refractivity contribution in [2.75, 3.05) is 4.90 Å². The van der Waals surface area contributed by atoms with Crippen LogP contribution in [0.3, 0.4) is 0 Å². The Morgan fingerprint density at radius 3 is 1.04 bits per heavy atom. The monoisotopic (exact) mass is 623 g/mol. The van der Waals surface area contributed by atoms with E-state index >= 15 is 0 Å². The average Bonchev–Trinajstić information content (AvgIpc) is 3.25. The first-order valence-corrected chi connectivity index (χ1v) is 16.9. The van der Waals surface area contributed by atoms with E-state index in [0.29, 0.717) is 0 Å². The Labute approximate surface area is 288 Å². The minimum atomic E-state index is 1.11. The lowest BCUT2D eigenvalue weighted by molar-refractivity contribution is 1.28. The summed E-state index contributed by atoms with van der Waals surface area (Å²) in [7, 11) is 0. The van der Waals surface area contributed by atoms with Gasteiger partial charge in [-0.15, -0.1) is 0 Å². The zero-order valence-electron chi connectivity index (χ0n) is 27.0. The van der Waals surface area contributed by atoms with Crippen LogP contribution in [0.2, 0.25) is 0 Å². The maximum Gasteiger partial charge on any atom is 0.0467 e. The summed E-state index contributed by atoms with van der Waals surface area (Å²) in [4.78, 5) is 2.37. The Morgan fingerprint density at radius 2 is 0.571 bits per heavy atom. The quantitative estimate of drug-likeness (QED) is 0.178. The summed E-state index contributed by atoms with van der Waals surface area (Å²) < 4.78 is 0. The van der Waals surface area contributed by atoms with E-state index in [0.717, 1.165) is 17.1 Å². The fourth-order valence-corrected chi connectivity index (χ4v) is 7.33. The summed E-state index contributed by atoms with van der Waals surface area (Å²) >= 11 is 0. The highest BCUT2D eigenvalue weighted by Crippen LogP contribution is 2.50. The molecule has 1 aliphatic carbocycles. The Balaban J connectivity index is 1.20. The number of rotatable bonds is 6. The number of benzene rings is 8. The minimum absolute atomic E-state index is 1.11. The molecule has 0 spiro atoms. The molecule has 49 heavy (non-hydrogen) atoms. The smallest absolute Gasteiger partial charge is 0.0467 e. The third-order valence-electron chi connectivity index (χ3n) is 9.65. The normalized spacial score (nSPS) is 11.3. The fourth-order valence-electron chi connectivity index (χ4n) is 7.33. The third-order valence-corrected chi connectivity index (χ3v) is 9.65. The molecule has 2 bridgehead atoms. The van der Waals surface area contributed by atoms with Crippen molar-refractivity contribution < 1.29 is 0 Å². The Kier molecular flexibility index (Phi) is 7.22. The second kappa shape index (κ2) is 12.3. The van der Waals surface area contributed by atoms with Crippen molar-refractivity contribution in [1.29, 1.82) is 0 Å². The number of fused-ring (bicyclic) bond motifs is 7. The molecule has 0 saturated heterocycles. The lowest BCUT2D eigenvalue weighted by Gasteiger charge is -2.27. The Bertz CT molecular complexity index is 2260. The fraction of sp³-hybridized carbons (Fsp3) is 0. The summed E-state index contributed by atoms with van der Waals surface area (Å²) in [6.07, 6.45) is 0. The van der Waals surface area contributed by atoms with E-state index in [1.165, 1.54) is 66.8 Å². The van der Waals surface area contributed by atoms with Crippen molar-refractivity contribution in [3.8, 4) is 66.8 Å². The van der Waals surface area contributed by atoms with Crippen molar-refractivity contribution >= 4 is 17.1 Å². The zero-order chi connectivity index (χ0) is 32.6. The van der Waals surface area contributed by atoms with Crippen LogP contribution in [0.15, 0.2) is 200 Å². The molecule has 230 valence electrons. The summed E-state index contributed by atoms with van der Waals surface area (Å²) in [5.74, 6) is 0. The molecule has 0 unspecified atom stereocenters. The summed E-state index contributed by atoms with van der Waals surface area (Å²) in [6.45, 7) is 0. The maximum absolute atomic E-state index is 2.37. The molecule has 0 radical (unpaired) electrons. The summed E-state index contributed by atoms with van der Waals surface area (Å²) in [5, 5.41) is 0. The Morgan fingerprint density at radius 1 is 0.224 bits per heavy atom. The van der Waals surface area contributed by atoms with E-state index < -0.39 is 0 Å². The van der Waals surface area contributed by atoms with Gasteiger partial charge in [0.05, 0.1) is 0 Å². The Hall–Kier alpha value is -6.44. The maximum atomic E-state index is 2.37. The first-order chi connectivity index (χ1) is 24.3. The van der Waals surface area contributed by atoms with Gasteiger partial charge in [-0.25, -0.2) is 0 Å². The van der Waals surface area contributed by atoms with Gasteiger partial charge in [-0.05, 0) is 103 Å². The first-order valence-electron chi connectivity index (χ1n) is 16.9. The molecule has 0 fully saturated rings. The van der Waals surface area contributed by atoms with Gasteiger partial charge in [0.2, 0.25) is 0 Å². The molecule has 8 aromatic rings. The molecule has 1 aliphatic rings. The van der Waals surface area contributed by atoms with Crippen molar-refractivity contribution in [3.05, 3.63) is 200 Å². The lowest BCUT2D eigenvalue weighted by atomic mass is 9.89. The van der Waals surface area contributed by atoms with Gasteiger partial charge in [0, 0.05) is 17.1 Å². The second-order valence-corrected chi connectivity index (χ2v) is 12.5. The van der Waals surface area contributed by atoms with Crippen LogP contribution >= 0.6 is 0 Å². The van der Waals surface area contributed by atoms with Gasteiger partial charge >= 0.3 is 0 Å². The van der Waals surface area contributed by atoms with Crippen molar-refractivity contribution in [1.82, 2.24) is 0 Å². The molecular weight excluding hydrogens is 591 g/mol. The summed E-state index contributed by atoms with van der Waals surface area (Å²) in [5.41, 5.74) is 18.2. The van der Waals surface area contributed by atoms with Crippen molar-refractivity contribution in [2.24, 2.45) is 0 Å². The van der Waals surface area contributed by atoms with Crippen LogP contribution in [-0.4, -0.2) is 0 Å². The van der Waals surface area contributed by atoms with Gasteiger partial charge in [-0.1, -0.05) is 164 Å². The lowest BCUT2D eigenvalue weighted by Crippen LogP contribution is -2.10. The van der Waals surface area contributed by atoms with E-state index in [-0.39, 0.29) is 0 Å². The van der Waals surface area contributed by atoms with Crippen LogP contribution in [-0.2, 0) is 0 Å². The van der Waals surface area contributed by atoms with Crippen LogP contribution < -0.4 is 4.90 Å². The SMILES string of the molecule is c1ccc(-c2ccc(N(c3ccc(-c4ccccc4)cc3)c3cccc(-c4c5cccc4-c4ccccc4-c4ccccc4-5)c3)cc2)cc1. The van der Waals surface area contributed by atoms with Crippen LogP contribution in [0.25, 0.3) is 66.8 Å². The average molecular weight is 624 g/mol. The van der Waals surface area contributed by atoms with Gasteiger partial charge in [0.15, 0.2) is 0 Å². The minimum Gasteiger partial charge on any atom is -0.310 e. The third kappa shape index (κ3) is 5.23. The largest absolute Gasteiger partial charge is 0.310 e. The van der Waals surface area contributed by atoms with E-state index in [2.05, 4.69) is 205 Å². The molecule has 0 N–H and O–H groups in total. The topological polar surface area (TPSA) is 3.24 Å². The molecule has 1 heteroatoms. The molecule has 9 rings (SSSR count).